The fraction of sp³-hybridized carbons (Fsp3) is 0.111. The number of pyridine rings is 1. The van der Waals surface area contributed by atoms with E-state index < -0.39 is 0 Å². The summed E-state index contributed by atoms with van der Waals surface area (Å²) in [6, 6.07) is 20.6. The molecule has 0 fully saturated rings. The van der Waals surface area contributed by atoms with Gasteiger partial charge in [0.25, 0.3) is 0 Å². The molecule has 3 heteroatoms. The summed E-state index contributed by atoms with van der Waals surface area (Å²) in [4.78, 5) is 3.77. The average molecular weight is 390 g/mol. The highest BCUT2D eigenvalue weighted by molar-refractivity contribution is 6.15. The first-order chi connectivity index (χ1) is 15.0. The van der Waals surface area contributed by atoms with Gasteiger partial charge in [0, 0.05) is 28.4 Å². The maximum atomic E-state index is 8.12. The lowest BCUT2D eigenvalue weighted by Gasteiger charge is -2.06. The van der Waals surface area contributed by atoms with Crippen LogP contribution in [0.25, 0.3) is 49.2 Å². The molecule has 144 valence electrons. The van der Waals surface area contributed by atoms with E-state index in [9.17, 15) is 0 Å². The molecule has 2 heterocycles. The second-order valence-corrected chi connectivity index (χ2v) is 7.65. The third kappa shape index (κ3) is 2.69. The topological polar surface area (TPSA) is 21.4 Å². The summed E-state index contributed by atoms with van der Waals surface area (Å²) in [6.07, 6.45) is 1.83. The van der Waals surface area contributed by atoms with Gasteiger partial charge in [-0.1, -0.05) is 54.6 Å². The molecule has 0 spiro atoms. The maximum absolute atomic E-state index is 8.12. The van der Waals surface area contributed by atoms with Crippen molar-refractivity contribution in [3.05, 3.63) is 95.4 Å². The summed E-state index contributed by atoms with van der Waals surface area (Å²) >= 11 is 0. The molecular weight excluding hydrogens is 368 g/mol. The number of furan rings is 1. The van der Waals surface area contributed by atoms with Gasteiger partial charge in [-0.2, -0.15) is 0 Å². The summed E-state index contributed by atoms with van der Waals surface area (Å²) < 4.78 is 16.7. The lowest BCUT2D eigenvalue weighted by atomic mass is 9.98. The molecule has 5 rings (SSSR count). The number of hydrogen-bond acceptors (Lipinski definition) is 1. The summed E-state index contributed by atoms with van der Waals surface area (Å²) in [5.41, 5.74) is 7.96. The third-order valence-electron chi connectivity index (χ3n) is 5.65. The standard InChI is InChI=1S/C27H21N2O/c1-17-14-15-29(4)23(16-17)24-18(2)10-11-20-21-12-13-22(28-3)25(27(21)30-26(20)24)19-8-6-5-7-9-19/h5-16H,1-2,4H3/q+1/i14D. The summed E-state index contributed by atoms with van der Waals surface area (Å²) in [5, 5.41) is 2.02. The van der Waals surface area contributed by atoms with Crippen molar-refractivity contribution >= 4 is 27.6 Å². The average Bonchev–Trinajstić information content (AvgIpc) is 3.15. The quantitative estimate of drug-likeness (QED) is 0.237. The van der Waals surface area contributed by atoms with Gasteiger partial charge in [0.05, 0.1) is 13.5 Å². The smallest absolute Gasteiger partial charge is 0.216 e. The van der Waals surface area contributed by atoms with Crippen LogP contribution in [0.5, 0.6) is 0 Å². The van der Waals surface area contributed by atoms with Gasteiger partial charge < -0.3 is 4.42 Å². The van der Waals surface area contributed by atoms with Crippen molar-refractivity contribution in [1.29, 1.82) is 0 Å². The van der Waals surface area contributed by atoms with Crippen LogP contribution >= 0.6 is 0 Å². The van der Waals surface area contributed by atoms with Crippen LogP contribution in [0.2, 0.25) is 0 Å². The van der Waals surface area contributed by atoms with Crippen molar-refractivity contribution in [3.8, 4) is 22.4 Å². The third-order valence-corrected chi connectivity index (χ3v) is 5.65. The van der Waals surface area contributed by atoms with Gasteiger partial charge in [-0.25, -0.2) is 9.41 Å². The minimum absolute atomic E-state index is 0.508. The van der Waals surface area contributed by atoms with E-state index in [0.29, 0.717) is 11.7 Å². The number of fused-ring (bicyclic) bond motifs is 3. The van der Waals surface area contributed by atoms with Crippen LogP contribution in [-0.2, 0) is 7.05 Å². The zero-order valence-electron chi connectivity index (χ0n) is 18.2. The number of hydrogen-bond donors (Lipinski definition) is 0. The largest absolute Gasteiger partial charge is 0.456 e. The zero-order valence-corrected chi connectivity index (χ0v) is 17.2. The van der Waals surface area contributed by atoms with Gasteiger partial charge in [0.1, 0.15) is 18.2 Å². The lowest BCUT2D eigenvalue weighted by molar-refractivity contribution is -0.660. The molecule has 3 nitrogen and oxygen atoms in total. The van der Waals surface area contributed by atoms with E-state index in [1.54, 1.807) is 0 Å². The first kappa shape index (κ1) is 17.0. The Morgan fingerprint density at radius 1 is 0.933 bits per heavy atom. The van der Waals surface area contributed by atoms with Crippen molar-refractivity contribution in [2.75, 3.05) is 0 Å². The van der Waals surface area contributed by atoms with Gasteiger partial charge in [0.15, 0.2) is 11.9 Å². The summed E-state index contributed by atoms with van der Waals surface area (Å²) in [7, 11) is 1.96. The Kier molecular flexibility index (Phi) is 3.89. The van der Waals surface area contributed by atoms with Gasteiger partial charge in [0.2, 0.25) is 5.69 Å². The molecule has 30 heavy (non-hydrogen) atoms. The molecular formula is C27H21N2O+. The van der Waals surface area contributed by atoms with E-state index in [1.807, 2.05) is 73.3 Å². The second kappa shape index (κ2) is 6.86. The summed E-state index contributed by atoms with van der Waals surface area (Å²) in [6.45, 7) is 11.7. The van der Waals surface area contributed by atoms with Gasteiger partial charge in [-0.3, -0.25) is 0 Å². The second-order valence-electron chi connectivity index (χ2n) is 7.65. The van der Waals surface area contributed by atoms with Crippen molar-refractivity contribution in [1.82, 2.24) is 0 Å². The van der Waals surface area contributed by atoms with Crippen LogP contribution in [0.4, 0.5) is 5.69 Å². The van der Waals surface area contributed by atoms with E-state index >= 15 is 0 Å². The van der Waals surface area contributed by atoms with E-state index in [0.717, 1.165) is 55.4 Å². The Bertz CT molecular complexity index is 1530. The van der Waals surface area contributed by atoms with Crippen LogP contribution in [0, 0.1) is 20.4 Å². The van der Waals surface area contributed by atoms with Crippen molar-refractivity contribution < 1.29 is 10.4 Å². The molecule has 0 radical (unpaired) electrons. The molecule has 0 amide bonds. The molecule has 3 aromatic carbocycles. The summed E-state index contributed by atoms with van der Waals surface area (Å²) in [5.74, 6) is 0. The highest BCUT2D eigenvalue weighted by Gasteiger charge is 2.23. The Morgan fingerprint density at radius 2 is 1.63 bits per heavy atom. The Balaban J connectivity index is 1.92. The fourth-order valence-electron chi connectivity index (χ4n) is 4.15. The van der Waals surface area contributed by atoms with Crippen molar-refractivity contribution in [2.24, 2.45) is 7.05 Å². The molecule has 0 bridgehead atoms. The normalized spacial score (nSPS) is 11.6. The van der Waals surface area contributed by atoms with E-state index in [4.69, 9.17) is 12.4 Å². The molecule has 0 atom stereocenters. The van der Waals surface area contributed by atoms with Crippen LogP contribution in [0.3, 0.4) is 0 Å². The fourth-order valence-corrected chi connectivity index (χ4v) is 4.15. The van der Waals surface area contributed by atoms with Crippen molar-refractivity contribution in [2.45, 2.75) is 13.8 Å². The Hall–Kier alpha value is -3.90. The number of aryl methyl sites for hydroxylation is 3. The first-order valence-electron chi connectivity index (χ1n) is 10.4. The van der Waals surface area contributed by atoms with Crippen LogP contribution in [-0.4, -0.2) is 0 Å². The van der Waals surface area contributed by atoms with E-state index in [2.05, 4.69) is 23.9 Å². The van der Waals surface area contributed by atoms with Crippen LogP contribution < -0.4 is 4.57 Å². The van der Waals surface area contributed by atoms with E-state index in [-0.39, 0.29) is 0 Å². The predicted molar refractivity (Wildman–Crippen MR) is 122 cm³/mol. The van der Waals surface area contributed by atoms with Crippen LogP contribution in [0.1, 0.15) is 12.5 Å². The molecule has 0 aliphatic heterocycles. The maximum Gasteiger partial charge on any atom is 0.216 e. The molecule has 0 saturated carbocycles. The van der Waals surface area contributed by atoms with Crippen LogP contribution in [0.15, 0.2) is 77.3 Å². The molecule has 5 aromatic rings. The molecule has 0 saturated heterocycles. The lowest BCUT2D eigenvalue weighted by Crippen LogP contribution is -2.30. The zero-order chi connectivity index (χ0) is 21.7. The molecule has 0 aliphatic carbocycles. The molecule has 0 aliphatic rings. The molecule has 0 unspecified atom stereocenters. The minimum atomic E-state index is 0.508. The number of rotatable bonds is 2. The number of nitrogens with zero attached hydrogens (tertiary/aromatic N) is 2. The first-order valence-corrected chi connectivity index (χ1v) is 9.88. The van der Waals surface area contributed by atoms with Gasteiger partial charge >= 0.3 is 0 Å². The minimum Gasteiger partial charge on any atom is -0.456 e. The Labute approximate surface area is 177 Å². The van der Waals surface area contributed by atoms with Gasteiger partial charge in [-0.05, 0) is 30.5 Å². The molecule has 2 aromatic heterocycles. The Morgan fingerprint density at radius 3 is 2.37 bits per heavy atom. The predicted octanol–water partition coefficient (Wildman–Crippen LogP) is 6.91. The van der Waals surface area contributed by atoms with Gasteiger partial charge in [-0.15, -0.1) is 0 Å². The highest BCUT2D eigenvalue weighted by Crippen LogP contribution is 2.44. The number of benzene rings is 3. The van der Waals surface area contributed by atoms with Crippen molar-refractivity contribution in [3.63, 3.8) is 0 Å². The van der Waals surface area contributed by atoms with E-state index in [1.165, 1.54) is 0 Å². The molecule has 0 N–H and O–H groups in total. The monoisotopic (exact) mass is 390 g/mol. The number of aromatic nitrogens is 1. The SMILES string of the molecule is [2H]c1c[n+](C)c(-c2c(C)ccc3c2oc2c(-c4ccccc4)c([N+]#[C-])ccc23)cc1C. The highest BCUT2D eigenvalue weighted by atomic mass is 16.3.